The number of amides is 2. The Hall–Kier alpha value is -1.60. The summed E-state index contributed by atoms with van der Waals surface area (Å²) in [5.74, 6) is 0. The first-order chi connectivity index (χ1) is 9.02. The second-order valence-corrected chi connectivity index (χ2v) is 4.47. The number of urea groups is 1. The molecule has 7 nitrogen and oxygen atoms in total. The number of aliphatic hydroxyl groups excluding tert-OH is 1. The molecule has 1 atom stereocenters. The Kier molecular flexibility index (Phi) is 6.31. The summed E-state index contributed by atoms with van der Waals surface area (Å²) in [5, 5.41) is 16.0. The molecular weight excluding hydrogens is 248 g/mol. The van der Waals surface area contributed by atoms with E-state index in [2.05, 4.69) is 10.4 Å². The summed E-state index contributed by atoms with van der Waals surface area (Å²) in [4.78, 5) is 13.3. The fourth-order valence-corrected chi connectivity index (χ4v) is 1.44. The van der Waals surface area contributed by atoms with Gasteiger partial charge < -0.3 is 20.1 Å². The average Bonchev–Trinajstić information content (AvgIpc) is 2.80. The van der Waals surface area contributed by atoms with Crippen LogP contribution in [0.3, 0.4) is 0 Å². The Morgan fingerprint density at radius 2 is 2.42 bits per heavy atom. The first-order valence-corrected chi connectivity index (χ1v) is 6.24. The number of nitrogens with zero attached hydrogens (tertiary/aromatic N) is 3. The first kappa shape index (κ1) is 15.5. The minimum atomic E-state index is -0.410. The van der Waals surface area contributed by atoms with Crippen LogP contribution in [0.4, 0.5) is 10.5 Å². The van der Waals surface area contributed by atoms with Crippen molar-refractivity contribution in [1.82, 2.24) is 14.7 Å². The molecule has 2 amide bonds. The molecule has 1 rings (SSSR count). The van der Waals surface area contributed by atoms with Gasteiger partial charge in [-0.1, -0.05) is 0 Å². The van der Waals surface area contributed by atoms with Gasteiger partial charge in [0.25, 0.3) is 0 Å². The highest BCUT2D eigenvalue weighted by Crippen LogP contribution is 2.06. The molecule has 0 aliphatic heterocycles. The number of anilines is 1. The lowest BCUT2D eigenvalue weighted by molar-refractivity contribution is 0.167. The van der Waals surface area contributed by atoms with Gasteiger partial charge in [-0.3, -0.25) is 4.68 Å². The summed E-state index contributed by atoms with van der Waals surface area (Å²) in [5.41, 5.74) is 0.644. The molecule has 0 bridgehead atoms. The van der Waals surface area contributed by atoms with Gasteiger partial charge in [0.05, 0.1) is 31.1 Å². The maximum atomic E-state index is 11.8. The molecule has 0 saturated carbocycles. The van der Waals surface area contributed by atoms with Crippen molar-refractivity contribution in [2.45, 2.75) is 26.0 Å². The normalized spacial score (nSPS) is 12.2. The monoisotopic (exact) mass is 270 g/mol. The minimum Gasteiger partial charge on any atom is -0.393 e. The molecule has 0 unspecified atom stereocenters. The second-order valence-electron chi connectivity index (χ2n) is 4.47. The van der Waals surface area contributed by atoms with Gasteiger partial charge in [-0.05, 0) is 13.3 Å². The Balaban J connectivity index is 2.40. The molecule has 0 fully saturated rings. The van der Waals surface area contributed by atoms with Crippen LogP contribution in [0.5, 0.6) is 0 Å². The predicted octanol–water partition coefficient (Wildman–Crippen LogP) is 0.764. The van der Waals surface area contributed by atoms with Crippen LogP contribution in [-0.2, 0) is 11.3 Å². The molecule has 0 aliphatic carbocycles. The van der Waals surface area contributed by atoms with Gasteiger partial charge in [0, 0.05) is 26.9 Å². The summed E-state index contributed by atoms with van der Waals surface area (Å²) < 4.78 is 6.65. The minimum absolute atomic E-state index is 0.216. The predicted molar refractivity (Wildman–Crippen MR) is 72.0 cm³/mol. The highest BCUT2D eigenvalue weighted by atomic mass is 16.5. The summed E-state index contributed by atoms with van der Waals surface area (Å²) in [6.07, 6.45) is 3.49. The lowest BCUT2D eigenvalue weighted by Gasteiger charge is -2.17. The molecule has 0 saturated heterocycles. The number of ether oxygens (including phenoxy) is 1. The molecule has 0 radical (unpaired) electrons. The third-order valence-electron chi connectivity index (χ3n) is 2.64. The van der Waals surface area contributed by atoms with Crippen LogP contribution in [-0.4, -0.2) is 59.2 Å². The molecule has 1 heterocycles. The van der Waals surface area contributed by atoms with Crippen molar-refractivity contribution in [2.75, 3.05) is 32.6 Å². The molecule has 0 aliphatic rings. The fraction of sp³-hybridized carbons (Fsp3) is 0.667. The van der Waals surface area contributed by atoms with E-state index >= 15 is 0 Å². The zero-order chi connectivity index (χ0) is 14.3. The number of rotatable bonds is 7. The Bertz CT molecular complexity index is 392. The number of hydrogen-bond acceptors (Lipinski definition) is 4. The van der Waals surface area contributed by atoms with Gasteiger partial charge >= 0.3 is 6.03 Å². The van der Waals surface area contributed by atoms with Crippen LogP contribution in [0.1, 0.15) is 13.3 Å². The van der Waals surface area contributed by atoms with E-state index in [-0.39, 0.29) is 6.03 Å². The molecule has 1 aromatic rings. The summed E-state index contributed by atoms with van der Waals surface area (Å²) in [7, 11) is 3.32. The van der Waals surface area contributed by atoms with Crippen molar-refractivity contribution in [3.8, 4) is 0 Å². The van der Waals surface area contributed by atoms with Crippen molar-refractivity contribution in [2.24, 2.45) is 0 Å². The lowest BCUT2D eigenvalue weighted by atomic mass is 10.3. The number of aromatic nitrogens is 2. The standard InChI is InChI=1S/C12H22N4O3/c1-10(17)4-5-15(2)12(18)14-11-8-13-16(9-11)6-7-19-3/h8-10,17H,4-7H2,1-3H3,(H,14,18)/t10-/m1/s1. The van der Waals surface area contributed by atoms with Crippen LogP contribution in [0.25, 0.3) is 0 Å². The van der Waals surface area contributed by atoms with Gasteiger partial charge in [0.2, 0.25) is 0 Å². The highest BCUT2D eigenvalue weighted by molar-refractivity contribution is 5.88. The largest absolute Gasteiger partial charge is 0.393 e. The van der Waals surface area contributed by atoms with Crippen LogP contribution < -0.4 is 5.32 Å². The number of methoxy groups -OCH3 is 1. The van der Waals surface area contributed by atoms with Gasteiger partial charge in [0.1, 0.15) is 0 Å². The third kappa shape index (κ3) is 5.71. The van der Waals surface area contributed by atoms with Crippen molar-refractivity contribution in [3.63, 3.8) is 0 Å². The van der Waals surface area contributed by atoms with Gasteiger partial charge in [0.15, 0.2) is 0 Å². The quantitative estimate of drug-likeness (QED) is 0.766. The summed E-state index contributed by atoms with van der Waals surface area (Å²) in [6, 6.07) is -0.216. The van der Waals surface area contributed by atoms with E-state index in [0.717, 1.165) is 0 Å². The molecule has 19 heavy (non-hydrogen) atoms. The fourth-order valence-electron chi connectivity index (χ4n) is 1.44. The smallest absolute Gasteiger partial charge is 0.321 e. The van der Waals surface area contributed by atoms with E-state index in [0.29, 0.717) is 31.8 Å². The van der Waals surface area contributed by atoms with Crippen molar-refractivity contribution >= 4 is 11.7 Å². The van der Waals surface area contributed by atoms with E-state index in [1.54, 1.807) is 38.2 Å². The topological polar surface area (TPSA) is 79.6 Å². The lowest BCUT2D eigenvalue weighted by Crippen LogP contribution is -2.33. The molecule has 108 valence electrons. The van der Waals surface area contributed by atoms with E-state index < -0.39 is 6.10 Å². The van der Waals surface area contributed by atoms with Crippen LogP contribution in [0, 0.1) is 0 Å². The van der Waals surface area contributed by atoms with Crippen LogP contribution in [0.15, 0.2) is 12.4 Å². The third-order valence-corrected chi connectivity index (χ3v) is 2.64. The van der Waals surface area contributed by atoms with E-state index in [1.807, 2.05) is 0 Å². The zero-order valence-electron chi connectivity index (χ0n) is 11.7. The van der Waals surface area contributed by atoms with Crippen molar-refractivity contribution < 1.29 is 14.6 Å². The molecule has 7 heteroatoms. The Morgan fingerprint density at radius 3 is 3.05 bits per heavy atom. The number of carbonyl (C=O) groups is 1. The summed E-state index contributed by atoms with van der Waals surface area (Å²) in [6.45, 7) is 3.42. The Morgan fingerprint density at radius 1 is 1.68 bits per heavy atom. The van der Waals surface area contributed by atoms with Crippen LogP contribution >= 0.6 is 0 Å². The highest BCUT2D eigenvalue weighted by Gasteiger charge is 2.10. The zero-order valence-corrected chi connectivity index (χ0v) is 11.7. The van der Waals surface area contributed by atoms with Gasteiger partial charge in [-0.2, -0.15) is 5.10 Å². The maximum absolute atomic E-state index is 11.8. The maximum Gasteiger partial charge on any atom is 0.321 e. The number of hydrogen-bond donors (Lipinski definition) is 2. The molecule has 0 spiro atoms. The van der Waals surface area contributed by atoms with Crippen molar-refractivity contribution in [3.05, 3.63) is 12.4 Å². The molecule has 0 aromatic carbocycles. The molecule has 1 aromatic heterocycles. The molecular formula is C12H22N4O3. The second kappa shape index (κ2) is 7.75. The average molecular weight is 270 g/mol. The SMILES string of the molecule is COCCn1cc(NC(=O)N(C)CC[C@@H](C)O)cn1. The first-order valence-electron chi connectivity index (χ1n) is 6.24. The van der Waals surface area contributed by atoms with E-state index in [1.165, 1.54) is 4.90 Å². The van der Waals surface area contributed by atoms with Crippen molar-refractivity contribution in [1.29, 1.82) is 0 Å². The van der Waals surface area contributed by atoms with Gasteiger partial charge in [-0.25, -0.2) is 4.79 Å². The molecule has 2 N–H and O–H groups in total. The van der Waals surface area contributed by atoms with Gasteiger partial charge in [-0.15, -0.1) is 0 Å². The van der Waals surface area contributed by atoms with E-state index in [4.69, 9.17) is 4.74 Å². The number of nitrogens with one attached hydrogen (secondary N) is 1. The van der Waals surface area contributed by atoms with E-state index in [9.17, 15) is 9.90 Å². The number of carbonyl (C=O) groups excluding carboxylic acids is 1. The van der Waals surface area contributed by atoms with Crippen LogP contribution in [0.2, 0.25) is 0 Å². The Labute approximate surface area is 113 Å². The number of aliphatic hydroxyl groups is 1. The summed E-state index contributed by atoms with van der Waals surface area (Å²) >= 11 is 0.